The standard InChI is InChI=1S/C21H16N8O3/c1-28(19-11-23-15(7-22)9-25-19)20(30)14-4-6-18-26-10-16(29(18)12-14)13-3-5-17(24-8-13)27-21(31)32-2/h3-6,8-12H,1-2H3,(H,24,27,31). The van der Waals surface area contributed by atoms with E-state index in [0.29, 0.717) is 28.5 Å². The Morgan fingerprint density at radius 1 is 1.06 bits per heavy atom. The van der Waals surface area contributed by atoms with Crippen molar-refractivity contribution in [2.75, 3.05) is 24.4 Å². The normalized spacial score (nSPS) is 10.4. The summed E-state index contributed by atoms with van der Waals surface area (Å²) in [4.78, 5) is 42.3. The summed E-state index contributed by atoms with van der Waals surface area (Å²) >= 11 is 0. The molecule has 0 saturated heterocycles. The Labute approximate surface area is 182 Å². The molecule has 0 saturated carbocycles. The molecule has 0 aliphatic carbocycles. The number of amides is 2. The van der Waals surface area contributed by atoms with Gasteiger partial charge in [-0.05, 0) is 24.3 Å². The Hall–Kier alpha value is -4.85. The number of aromatic nitrogens is 5. The highest BCUT2D eigenvalue weighted by atomic mass is 16.5. The molecule has 1 N–H and O–H groups in total. The number of carbonyl (C=O) groups is 2. The van der Waals surface area contributed by atoms with Gasteiger partial charge in [0.15, 0.2) is 11.5 Å². The second-order valence-electron chi connectivity index (χ2n) is 6.57. The number of hydrogen-bond donors (Lipinski definition) is 1. The van der Waals surface area contributed by atoms with Gasteiger partial charge in [0.05, 0.1) is 37.0 Å². The van der Waals surface area contributed by atoms with Gasteiger partial charge in [0.2, 0.25) is 0 Å². The van der Waals surface area contributed by atoms with Crippen molar-refractivity contribution in [3.05, 3.63) is 66.5 Å². The van der Waals surface area contributed by atoms with E-state index in [-0.39, 0.29) is 11.6 Å². The van der Waals surface area contributed by atoms with E-state index in [2.05, 4.69) is 30.0 Å². The maximum absolute atomic E-state index is 13.0. The summed E-state index contributed by atoms with van der Waals surface area (Å²) in [6, 6.07) is 8.70. The van der Waals surface area contributed by atoms with Crippen molar-refractivity contribution in [3.63, 3.8) is 0 Å². The molecule has 4 aromatic heterocycles. The number of ether oxygens (including phenoxy) is 1. The fraction of sp³-hybridized carbons (Fsp3) is 0.0952. The van der Waals surface area contributed by atoms with E-state index in [4.69, 9.17) is 5.26 Å². The first kappa shape index (κ1) is 20.4. The van der Waals surface area contributed by atoms with E-state index < -0.39 is 6.09 Å². The Balaban J connectivity index is 1.63. The maximum Gasteiger partial charge on any atom is 0.412 e. The van der Waals surface area contributed by atoms with Crippen LogP contribution in [0.5, 0.6) is 0 Å². The predicted molar refractivity (Wildman–Crippen MR) is 114 cm³/mol. The van der Waals surface area contributed by atoms with Crippen LogP contribution in [0.1, 0.15) is 16.1 Å². The first-order chi connectivity index (χ1) is 15.5. The van der Waals surface area contributed by atoms with Crippen molar-refractivity contribution in [1.82, 2.24) is 24.3 Å². The molecule has 2 amide bonds. The van der Waals surface area contributed by atoms with Crippen LogP contribution >= 0.6 is 0 Å². The summed E-state index contributed by atoms with van der Waals surface area (Å²) in [5.74, 6) is 0.356. The summed E-state index contributed by atoms with van der Waals surface area (Å²) in [5, 5.41) is 11.3. The van der Waals surface area contributed by atoms with Gasteiger partial charge in [-0.1, -0.05) is 0 Å². The van der Waals surface area contributed by atoms with Crippen molar-refractivity contribution < 1.29 is 14.3 Å². The lowest BCUT2D eigenvalue weighted by Crippen LogP contribution is -2.27. The molecule has 0 spiro atoms. The zero-order chi connectivity index (χ0) is 22.7. The van der Waals surface area contributed by atoms with Crippen molar-refractivity contribution in [3.8, 4) is 17.3 Å². The van der Waals surface area contributed by atoms with Gasteiger partial charge in [-0.2, -0.15) is 5.26 Å². The van der Waals surface area contributed by atoms with Crippen molar-refractivity contribution in [1.29, 1.82) is 5.26 Å². The van der Waals surface area contributed by atoms with Crippen LogP contribution in [-0.4, -0.2) is 50.5 Å². The molecule has 32 heavy (non-hydrogen) atoms. The van der Waals surface area contributed by atoms with Gasteiger partial charge in [0.25, 0.3) is 5.91 Å². The minimum Gasteiger partial charge on any atom is -0.453 e. The van der Waals surface area contributed by atoms with Gasteiger partial charge < -0.3 is 4.74 Å². The van der Waals surface area contributed by atoms with Gasteiger partial charge in [-0.15, -0.1) is 0 Å². The molecule has 11 nitrogen and oxygen atoms in total. The molecule has 4 aromatic rings. The first-order valence-corrected chi connectivity index (χ1v) is 9.29. The zero-order valence-electron chi connectivity index (χ0n) is 17.1. The summed E-state index contributed by atoms with van der Waals surface area (Å²) in [5.41, 5.74) is 2.67. The minimum absolute atomic E-state index is 0.167. The van der Waals surface area contributed by atoms with Gasteiger partial charge in [0.1, 0.15) is 17.5 Å². The van der Waals surface area contributed by atoms with Crippen LogP contribution in [-0.2, 0) is 4.74 Å². The highest BCUT2D eigenvalue weighted by molar-refractivity contribution is 6.05. The molecule has 0 unspecified atom stereocenters. The van der Waals surface area contributed by atoms with Gasteiger partial charge >= 0.3 is 6.09 Å². The molecule has 4 heterocycles. The Kier molecular flexibility index (Phi) is 5.42. The molecular weight excluding hydrogens is 412 g/mol. The molecule has 0 aliphatic heterocycles. The summed E-state index contributed by atoms with van der Waals surface area (Å²) < 4.78 is 6.32. The molecule has 0 fully saturated rings. The number of nitrogens with one attached hydrogen (secondary N) is 1. The van der Waals surface area contributed by atoms with Crippen LogP contribution in [0.4, 0.5) is 16.4 Å². The summed E-state index contributed by atoms with van der Waals surface area (Å²) in [6.07, 6.45) is 6.99. The highest BCUT2D eigenvalue weighted by Gasteiger charge is 2.17. The molecule has 4 rings (SSSR count). The number of methoxy groups -OCH3 is 1. The SMILES string of the molecule is COC(=O)Nc1ccc(-c2cnc3ccc(C(=O)N(C)c4cnc(C#N)cn4)cn23)cn1. The second kappa shape index (κ2) is 8.49. The number of rotatable bonds is 4. The van der Waals surface area contributed by atoms with E-state index in [0.717, 1.165) is 5.56 Å². The van der Waals surface area contributed by atoms with E-state index in [1.165, 1.54) is 24.4 Å². The average Bonchev–Trinajstić information content (AvgIpc) is 3.27. The van der Waals surface area contributed by atoms with E-state index in [1.807, 2.05) is 6.07 Å². The van der Waals surface area contributed by atoms with E-state index in [1.54, 1.807) is 54.3 Å². The number of nitrogens with zero attached hydrogens (tertiary/aromatic N) is 7. The molecule has 158 valence electrons. The topological polar surface area (TPSA) is 138 Å². The third-order valence-electron chi connectivity index (χ3n) is 4.63. The molecular formula is C21H16N8O3. The second-order valence-corrected chi connectivity index (χ2v) is 6.57. The zero-order valence-corrected chi connectivity index (χ0v) is 17.1. The largest absolute Gasteiger partial charge is 0.453 e. The van der Waals surface area contributed by atoms with Crippen LogP contribution in [0.2, 0.25) is 0 Å². The van der Waals surface area contributed by atoms with Crippen molar-refractivity contribution in [2.45, 2.75) is 0 Å². The van der Waals surface area contributed by atoms with Crippen LogP contribution < -0.4 is 10.2 Å². The lowest BCUT2D eigenvalue weighted by Gasteiger charge is -2.16. The number of imidazole rings is 1. The Morgan fingerprint density at radius 3 is 2.56 bits per heavy atom. The number of pyridine rings is 2. The fourth-order valence-electron chi connectivity index (χ4n) is 2.95. The molecule has 0 aromatic carbocycles. The lowest BCUT2D eigenvalue weighted by molar-refractivity contribution is 0.0991. The lowest BCUT2D eigenvalue weighted by atomic mass is 10.2. The van der Waals surface area contributed by atoms with Crippen LogP contribution in [0.25, 0.3) is 16.9 Å². The molecule has 0 radical (unpaired) electrons. The molecule has 0 atom stereocenters. The Morgan fingerprint density at radius 2 is 1.91 bits per heavy atom. The molecule has 0 bridgehead atoms. The van der Waals surface area contributed by atoms with Crippen molar-refractivity contribution >= 4 is 29.3 Å². The van der Waals surface area contributed by atoms with Gasteiger partial charge in [0, 0.05) is 25.0 Å². The van der Waals surface area contributed by atoms with Crippen LogP contribution in [0.3, 0.4) is 0 Å². The van der Waals surface area contributed by atoms with Gasteiger partial charge in [-0.3, -0.25) is 19.4 Å². The minimum atomic E-state index is -0.612. The van der Waals surface area contributed by atoms with Gasteiger partial charge in [-0.25, -0.2) is 24.7 Å². The average molecular weight is 428 g/mol. The first-order valence-electron chi connectivity index (χ1n) is 9.29. The number of fused-ring (bicyclic) bond motifs is 1. The fourth-order valence-corrected chi connectivity index (χ4v) is 2.95. The monoisotopic (exact) mass is 428 g/mol. The Bertz CT molecular complexity index is 1340. The van der Waals surface area contributed by atoms with E-state index in [9.17, 15) is 9.59 Å². The van der Waals surface area contributed by atoms with Crippen molar-refractivity contribution in [2.24, 2.45) is 0 Å². The quantitative estimate of drug-likeness (QED) is 0.523. The third kappa shape index (κ3) is 3.92. The number of hydrogen-bond acceptors (Lipinski definition) is 8. The van der Waals surface area contributed by atoms with E-state index >= 15 is 0 Å². The maximum atomic E-state index is 13.0. The third-order valence-corrected chi connectivity index (χ3v) is 4.63. The summed E-state index contributed by atoms with van der Waals surface area (Å²) in [7, 11) is 2.85. The molecule has 11 heteroatoms. The van der Waals surface area contributed by atoms with Crippen LogP contribution in [0.15, 0.2) is 55.2 Å². The smallest absolute Gasteiger partial charge is 0.412 e. The number of carbonyl (C=O) groups excluding carboxylic acids is 2. The number of nitriles is 1. The summed E-state index contributed by atoms with van der Waals surface area (Å²) in [6.45, 7) is 0. The number of anilines is 2. The molecule has 0 aliphatic rings. The highest BCUT2D eigenvalue weighted by Crippen LogP contribution is 2.22. The van der Waals surface area contributed by atoms with Crippen LogP contribution in [0, 0.1) is 11.3 Å². The predicted octanol–water partition coefficient (Wildman–Crippen LogP) is 2.51.